The van der Waals surface area contributed by atoms with Crippen molar-refractivity contribution < 1.29 is 19.1 Å². The van der Waals surface area contributed by atoms with Crippen LogP contribution in [0, 0.1) is 0 Å². The Morgan fingerprint density at radius 3 is 2.19 bits per heavy atom. The summed E-state index contributed by atoms with van der Waals surface area (Å²) in [7, 11) is 0. The number of hydrogen-bond donors (Lipinski definition) is 0. The van der Waals surface area contributed by atoms with Crippen molar-refractivity contribution in [3.05, 3.63) is 65.7 Å². The van der Waals surface area contributed by atoms with E-state index in [1.165, 1.54) is 0 Å². The van der Waals surface area contributed by atoms with Crippen molar-refractivity contribution >= 4 is 11.8 Å². The number of rotatable bonds is 11. The smallest absolute Gasteiger partial charge is 0.307 e. The second-order valence-electron chi connectivity index (χ2n) is 6.06. The summed E-state index contributed by atoms with van der Waals surface area (Å²) in [5, 5.41) is 0. The summed E-state index contributed by atoms with van der Waals surface area (Å²) < 4.78 is 10.7. The lowest BCUT2D eigenvalue weighted by atomic mass is 10.0. The van der Waals surface area contributed by atoms with Crippen molar-refractivity contribution in [3.8, 4) is 5.75 Å². The van der Waals surface area contributed by atoms with E-state index < -0.39 is 0 Å². The van der Waals surface area contributed by atoms with Crippen LogP contribution in [0.3, 0.4) is 0 Å². The van der Waals surface area contributed by atoms with Gasteiger partial charge in [-0.3, -0.25) is 14.5 Å². The van der Waals surface area contributed by atoms with Crippen LogP contribution in [-0.4, -0.2) is 49.5 Å². The quantitative estimate of drug-likeness (QED) is 0.448. The van der Waals surface area contributed by atoms with Gasteiger partial charge in [0, 0.05) is 24.2 Å². The number of carbonyl (C=O) groups excluding carboxylic acids is 2. The second-order valence-corrected chi connectivity index (χ2v) is 6.06. The first-order valence-corrected chi connectivity index (χ1v) is 9.34. The summed E-state index contributed by atoms with van der Waals surface area (Å²) in [5.41, 5.74) is 1.31. The maximum atomic E-state index is 12.4. The third-order valence-electron chi connectivity index (χ3n) is 4.21. The minimum absolute atomic E-state index is 0.00160. The van der Waals surface area contributed by atoms with Gasteiger partial charge in [-0.2, -0.15) is 0 Å². The molecule has 0 fully saturated rings. The van der Waals surface area contributed by atoms with E-state index in [0.717, 1.165) is 18.8 Å². The molecule has 2 aromatic carbocycles. The fraction of sp³-hybridized carbons (Fsp3) is 0.364. The Labute approximate surface area is 160 Å². The van der Waals surface area contributed by atoms with Crippen LogP contribution >= 0.6 is 0 Å². The maximum absolute atomic E-state index is 12.4. The summed E-state index contributed by atoms with van der Waals surface area (Å²) >= 11 is 0. The predicted octanol–water partition coefficient (Wildman–Crippen LogP) is 3.57. The summed E-state index contributed by atoms with van der Waals surface area (Å²) in [6, 6.07) is 16.4. The van der Waals surface area contributed by atoms with Crippen LogP contribution in [0.4, 0.5) is 0 Å². The molecule has 0 spiro atoms. The van der Waals surface area contributed by atoms with Gasteiger partial charge in [0.25, 0.3) is 0 Å². The van der Waals surface area contributed by atoms with E-state index in [-0.39, 0.29) is 11.8 Å². The Balaban J connectivity index is 1.79. The van der Waals surface area contributed by atoms with Crippen molar-refractivity contribution in [3.63, 3.8) is 0 Å². The molecule has 0 N–H and O–H groups in total. The lowest BCUT2D eigenvalue weighted by Gasteiger charge is -2.20. The van der Waals surface area contributed by atoms with E-state index in [2.05, 4.69) is 11.8 Å². The highest BCUT2D eigenvalue weighted by Gasteiger charge is 2.09. The van der Waals surface area contributed by atoms with Gasteiger partial charge in [0.1, 0.15) is 12.4 Å². The molecule has 0 bridgehead atoms. The Kier molecular flexibility index (Phi) is 8.52. The normalized spacial score (nSPS) is 10.6. The first-order valence-electron chi connectivity index (χ1n) is 9.34. The SMILES string of the molecule is CCOC(=O)CCN(CC)CCOc1ccc(C(=O)c2ccccc2)cc1. The Bertz CT molecular complexity index is 713. The number of nitrogens with zero attached hydrogens (tertiary/aromatic N) is 1. The average Bonchev–Trinajstić information content (AvgIpc) is 2.71. The van der Waals surface area contributed by atoms with Gasteiger partial charge in [-0.25, -0.2) is 0 Å². The summed E-state index contributed by atoms with van der Waals surface area (Å²) in [6.45, 7) is 7.01. The molecule has 5 nitrogen and oxygen atoms in total. The molecule has 0 radical (unpaired) electrons. The fourth-order valence-corrected chi connectivity index (χ4v) is 2.66. The average molecular weight is 369 g/mol. The van der Waals surface area contributed by atoms with Crippen LogP contribution in [-0.2, 0) is 9.53 Å². The van der Waals surface area contributed by atoms with Crippen molar-refractivity contribution in [2.75, 3.05) is 32.8 Å². The molecule has 5 heteroatoms. The van der Waals surface area contributed by atoms with Crippen LogP contribution in [0.15, 0.2) is 54.6 Å². The molecule has 0 aliphatic heterocycles. The highest BCUT2D eigenvalue weighted by atomic mass is 16.5. The van der Waals surface area contributed by atoms with E-state index in [9.17, 15) is 9.59 Å². The van der Waals surface area contributed by atoms with Gasteiger partial charge < -0.3 is 9.47 Å². The third kappa shape index (κ3) is 6.87. The maximum Gasteiger partial charge on any atom is 0.307 e. The molecule has 2 rings (SSSR count). The number of esters is 1. The highest BCUT2D eigenvalue weighted by Crippen LogP contribution is 2.15. The number of ether oxygens (including phenoxy) is 2. The largest absolute Gasteiger partial charge is 0.492 e. The molecule has 0 amide bonds. The highest BCUT2D eigenvalue weighted by molar-refractivity contribution is 6.08. The first kappa shape index (κ1) is 20.6. The van der Waals surface area contributed by atoms with Crippen molar-refractivity contribution in [2.24, 2.45) is 0 Å². The van der Waals surface area contributed by atoms with E-state index in [0.29, 0.717) is 37.3 Å². The Morgan fingerprint density at radius 1 is 0.889 bits per heavy atom. The van der Waals surface area contributed by atoms with Gasteiger partial charge in [-0.05, 0) is 37.7 Å². The van der Waals surface area contributed by atoms with Crippen LogP contribution < -0.4 is 4.74 Å². The monoisotopic (exact) mass is 369 g/mol. The van der Waals surface area contributed by atoms with Crippen LogP contribution in [0.25, 0.3) is 0 Å². The molecule has 144 valence electrons. The van der Waals surface area contributed by atoms with Gasteiger partial charge in [-0.1, -0.05) is 37.3 Å². The lowest BCUT2D eigenvalue weighted by molar-refractivity contribution is -0.143. The molecular weight excluding hydrogens is 342 g/mol. The summed E-state index contributed by atoms with van der Waals surface area (Å²) in [4.78, 5) is 26.0. The van der Waals surface area contributed by atoms with Crippen LogP contribution in [0.5, 0.6) is 5.75 Å². The summed E-state index contributed by atoms with van der Waals surface area (Å²) in [6.07, 6.45) is 0.387. The van der Waals surface area contributed by atoms with Gasteiger partial charge in [0.05, 0.1) is 13.0 Å². The zero-order chi connectivity index (χ0) is 19.5. The van der Waals surface area contributed by atoms with Crippen molar-refractivity contribution in [2.45, 2.75) is 20.3 Å². The number of likely N-dealkylation sites (N-methyl/N-ethyl adjacent to an activating group) is 1. The number of carbonyl (C=O) groups is 2. The minimum atomic E-state index is -0.171. The number of hydrogen-bond acceptors (Lipinski definition) is 5. The van der Waals surface area contributed by atoms with Crippen molar-refractivity contribution in [1.29, 1.82) is 0 Å². The lowest BCUT2D eigenvalue weighted by Crippen LogP contribution is -2.30. The molecule has 0 saturated carbocycles. The van der Waals surface area contributed by atoms with Gasteiger partial charge in [-0.15, -0.1) is 0 Å². The molecule has 0 heterocycles. The topological polar surface area (TPSA) is 55.8 Å². The molecule has 0 aliphatic rings. The molecule has 0 saturated heterocycles. The zero-order valence-electron chi connectivity index (χ0n) is 16.0. The third-order valence-corrected chi connectivity index (χ3v) is 4.21. The second kappa shape index (κ2) is 11.1. The standard InChI is InChI=1S/C22H27NO4/c1-3-23(15-14-21(24)26-4-2)16-17-27-20-12-10-19(11-13-20)22(25)18-8-6-5-7-9-18/h5-13H,3-4,14-17H2,1-2H3. The van der Waals surface area contributed by atoms with E-state index in [4.69, 9.17) is 9.47 Å². The molecule has 27 heavy (non-hydrogen) atoms. The van der Waals surface area contributed by atoms with Gasteiger partial charge in [0.2, 0.25) is 0 Å². The molecule has 0 aromatic heterocycles. The Morgan fingerprint density at radius 2 is 1.56 bits per heavy atom. The van der Waals surface area contributed by atoms with Crippen LogP contribution in [0.1, 0.15) is 36.2 Å². The van der Waals surface area contributed by atoms with E-state index in [1.54, 1.807) is 12.1 Å². The predicted molar refractivity (Wildman–Crippen MR) is 105 cm³/mol. The minimum Gasteiger partial charge on any atom is -0.492 e. The molecule has 2 aromatic rings. The van der Waals surface area contributed by atoms with E-state index in [1.807, 2.05) is 49.4 Å². The molecule has 0 aliphatic carbocycles. The molecular formula is C22H27NO4. The summed E-state index contributed by atoms with van der Waals surface area (Å²) in [5.74, 6) is 0.551. The number of ketones is 1. The molecule has 0 atom stereocenters. The fourth-order valence-electron chi connectivity index (χ4n) is 2.66. The number of benzene rings is 2. The first-order chi connectivity index (χ1) is 13.1. The van der Waals surface area contributed by atoms with Crippen molar-refractivity contribution in [1.82, 2.24) is 4.90 Å². The van der Waals surface area contributed by atoms with Crippen LogP contribution in [0.2, 0.25) is 0 Å². The zero-order valence-corrected chi connectivity index (χ0v) is 16.0. The Hall–Kier alpha value is -2.66. The van der Waals surface area contributed by atoms with Gasteiger partial charge in [0.15, 0.2) is 5.78 Å². The van der Waals surface area contributed by atoms with Gasteiger partial charge >= 0.3 is 5.97 Å². The van der Waals surface area contributed by atoms with E-state index >= 15 is 0 Å². The molecule has 0 unspecified atom stereocenters.